The fourth-order valence-corrected chi connectivity index (χ4v) is 2.53. The van der Waals surface area contributed by atoms with Gasteiger partial charge in [0.25, 0.3) is 0 Å². The summed E-state index contributed by atoms with van der Waals surface area (Å²) < 4.78 is 2.89. The van der Waals surface area contributed by atoms with Crippen LogP contribution in [-0.2, 0) is 0 Å². The van der Waals surface area contributed by atoms with Gasteiger partial charge in [0.05, 0.1) is 11.4 Å². The molecule has 118 valence electrons. The number of hydrogen-bond acceptors (Lipinski definition) is 4. The van der Waals surface area contributed by atoms with E-state index in [1.807, 2.05) is 39.8 Å². The number of carbonyl (C=O) groups excluding carboxylic acids is 2. The first-order chi connectivity index (χ1) is 10.4. The van der Waals surface area contributed by atoms with E-state index in [2.05, 4.69) is 10.2 Å². The van der Waals surface area contributed by atoms with Crippen molar-refractivity contribution in [2.24, 2.45) is 0 Å². The maximum atomic E-state index is 12.0. The summed E-state index contributed by atoms with van der Waals surface area (Å²) >= 11 is 0. The van der Waals surface area contributed by atoms with Crippen LogP contribution in [0.5, 0.6) is 0 Å². The van der Waals surface area contributed by atoms with Gasteiger partial charge in [-0.2, -0.15) is 10.2 Å². The summed E-state index contributed by atoms with van der Waals surface area (Å²) in [6.07, 6.45) is 2.13. The lowest BCUT2D eigenvalue weighted by Gasteiger charge is -2.04. The quantitative estimate of drug-likeness (QED) is 0.796. The molecule has 2 heterocycles. The van der Waals surface area contributed by atoms with E-state index in [4.69, 9.17) is 0 Å². The lowest BCUT2D eigenvalue weighted by Crippen LogP contribution is -2.15. The second-order valence-corrected chi connectivity index (χ2v) is 5.67. The molecule has 0 saturated heterocycles. The van der Waals surface area contributed by atoms with Gasteiger partial charge in [-0.15, -0.1) is 0 Å². The number of aryl methyl sites for hydroxylation is 4. The van der Waals surface area contributed by atoms with Crippen LogP contribution in [-0.4, -0.2) is 31.4 Å². The van der Waals surface area contributed by atoms with Crippen LogP contribution in [0.1, 0.15) is 58.0 Å². The highest BCUT2D eigenvalue weighted by molar-refractivity contribution is 5.79. The van der Waals surface area contributed by atoms with Gasteiger partial charge in [-0.25, -0.2) is 9.36 Å². The van der Waals surface area contributed by atoms with Gasteiger partial charge in [0.2, 0.25) is 11.8 Å². The van der Waals surface area contributed by atoms with Crippen molar-refractivity contribution in [1.29, 1.82) is 0 Å². The van der Waals surface area contributed by atoms with Crippen LogP contribution in [0.2, 0.25) is 0 Å². The molecule has 0 unspecified atom stereocenters. The third-order valence-corrected chi connectivity index (χ3v) is 3.52. The lowest BCUT2D eigenvalue weighted by molar-refractivity contribution is 0.0853. The number of unbranched alkanes of at least 4 members (excludes halogenated alkanes) is 1. The van der Waals surface area contributed by atoms with Crippen molar-refractivity contribution in [3.05, 3.63) is 34.9 Å². The molecule has 2 aromatic heterocycles. The summed E-state index contributed by atoms with van der Waals surface area (Å²) in [6, 6.07) is 3.76. The van der Waals surface area contributed by atoms with Crippen LogP contribution < -0.4 is 0 Å². The minimum atomic E-state index is -0.0239. The number of carbonyl (C=O) groups is 2. The Hall–Kier alpha value is -2.24. The first kappa shape index (κ1) is 16.1. The normalized spacial score (nSPS) is 10.9. The Kier molecular flexibility index (Phi) is 4.90. The molecular weight excluding hydrogens is 280 g/mol. The van der Waals surface area contributed by atoms with Crippen LogP contribution in [0, 0.1) is 27.7 Å². The fourth-order valence-electron chi connectivity index (χ4n) is 2.53. The molecule has 2 aromatic rings. The molecule has 0 fully saturated rings. The standard InChI is InChI=1S/C16H22N4O2/c1-11-9-13(3)19(17-11)15(21)7-5-6-8-16(22)20-14(4)10-12(2)18-20/h9-10H,5-8H2,1-4H3. The summed E-state index contributed by atoms with van der Waals surface area (Å²) in [5, 5.41) is 8.34. The van der Waals surface area contributed by atoms with Gasteiger partial charge in [0.1, 0.15) is 0 Å². The predicted molar refractivity (Wildman–Crippen MR) is 83.1 cm³/mol. The summed E-state index contributed by atoms with van der Waals surface area (Å²) in [6.45, 7) is 7.46. The molecule has 22 heavy (non-hydrogen) atoms. The smallest absolute Gasteiger partial charge is 0.247 e. The van der Waals surface area contributed by atoms with Gasteiger partial charge in [-0.05, 0) is 52.7 Å². The Morgan fingerprint density at radius 1 is 0.818 bits per heavy atom. The molecule has 0 bridgehead atoms. The van der Waals surface area contributed by atoms with Crippen molar-refractivity contribution < 1.29 is 9.59 Å². The van der Waals surface area contributed by atoms with Gasteiger partial charge in [0.15, 0.2) is 0 Å². The van der Waals surface area contributed by atoms with Gasteiger partial charge < -0.3 is 0 Å². The average Bonchev–Trinajstić information content (AvgIpc) is 2.96. The summed E-state index contributed by atoms with van der Waals surface area (Å²) in [5.41, 5.74) is 3.37. The lowest BCUT2D eigenvalue weighted by atomic mass is 10.2. The molecule has 0 atom stereocenters. The van der Waals surface area contributed by atoms with Crippen molar-refractivity contribution in [2.75, 3.05) is 0 Å². The van der Waals surface area contributed by atoms with Crippen molar-refractivity contribution in [1.82, 2.24) is 19.6 Å². The maximum Gasteiger partial charge on any atom is 0.247 e. The largest absolute Gasteiger partial charge is 0.273 e. The van der Waals surface area contributed by atoms with E-state index in [1.54, 1.807) is 0 Å². The highest BCUT2D eigenvalue weighted by Crippen LogP contribution is 2.09. The monoisotopic (exact) mass is 302 g/mol. The van der Waals surface area contributed by atoms with Gasteiger partial charge in [-0.3, -0.25) is 9.59 Å². The summed E-state index contributed by atoms with van der Waals surface area (Å²) in [5.74, 6) is -0.0478. The molecule has 0 spiro atoms. The molecule has 2 rings (SSSR count). The van der Waals surface area contributed by atoms with Gasteiger partial charge in [0, 0.05) is 24.2 Å². The molecule has 0 aliphatic rings. The van der Waals surface area contributed by atoms with Crippen molar-refractivity contribution in [3.8, 4) is 0 Å². The van der Waals surface area contributed by atoms with E-state index in [1.165, 1.54) is 9.36 Å². The Labute approximate surface area is 130 Å². The SMILES string of the molecule is Cc1cc(C)n(C(=O)CCCCC(=O)n2nc(C)cc2C)n1. The molecule has 6 nitrogen and oxygen atoms in total. The van der Waals surface area contributed by atoms with E-state index < -0.39 is 0 Å². The molecule has 0 aliphatic carbocycles. The molecule has 0 aromatic carbocycles. The number of aromatic nitrogens is 4. The van der Waals surface area contributed by atoms with E-state index in [9.17, 15) is 9.59 Å². The van der Waals surface area contributed by atoms with E-state index in [0.29, 0.717) is 25.7 Å². The zero-order valence-corrected chi connectivity index (χ0v) is 13.6. The number of nitrogens with zero attached hydrogens (tertiary/aromatic N) is 4. The molecule has 0 radical (unpaired) electrons. The molecule has 6 heteroatoms. The average molecular weight is 302 g/mol. The topological polar surface area (TPSA) is 69.8 Å². The highest BCUT2D eigenvalue weighted by atomic mass is 16.2. The molecule has 0 saturated carbocycles. The Balaban J connectivity index is 1.80. The van der Waals surface area contributed by atoms with Crippen LogP contribution in [0.25, 0.3) is 0 Å². The summed E-state index contributed by atoms with van der Waals surface area (Å²) in [4.78, 5) is 24.1. The minimum Gasteiger partial charge on any atom is -0.273 e. The number of rotatable bonds is 5. The second kappa shape index (κ2) is 6.68. The second-order valence-electron chi connectivity index (χ2n) is 5.67. The molecular formula is C16H22N4O2. The van der Waals surface area contributed by atoms with Gasteiger partial charge in [-0.1, -0.05) is 0 Å². The van der Waals surface area contributed by atoms with Crippen LogP contribution in [0.3, 0.4) is 0 Å². The Bertz CT molecular complexity index is 637. The predicted octanol–water partition coefficient (Wildman–Crippen LogP) is 2.85. The summed E-state index contributed by atoms with van der Waals surface area (Å²) in [7, 11) is 0. The third kappa shape index (κ3) is 3.69. The molecule has 0 N–H and O–H groups in total. The third-order valence-electron chi connectivity index (χ3n) is 3.52. The van der Waals surface area contributed by atoms with Crippen LogP contribution in [0.15, 0.2) is 12.1 Å². The zero-order valence-electron chi connectivity index (χ0n) is 13.6. The van der Waals surface area contributed by atoms with Crippen LogP contribution in [0.4, 0.5) is 0 Å². The first-order valence-electron chi connectivity index (χ1n) is 7.51. The Morgan fingerprint density at radius 2 is 1.18 bits per heavy atom. The first-order valence-corrected chi connectivity index (χ1v) is 7.51. The number of hydrogen-bond donors (Lipinski definition) is 0. The Morgan fingerprint density at radius 3 is 1.45 bits per heavy atom. The van der Waals surface area contributed by atoms with E-state index in [-0.39, 0.29) is 11.8 Å². The van der Waals surface area contributed by atoms with E-state index in [0.717, 1.165) is 22.8 Å². The molecule has 0 amide bonds. The van der Waals surface area contributed by atoms with Crippen molar-refractivity contribution in [3.63, 3.8) is 0 Å². The fraction of sp³-hybridized carbons (Fsp3) is 0.500. The zero-order chi connectivity index (χ0) is 16.3. The van der Waals surface area contributed by atoms with Crippen molar-refractivity contribution >= 4 is 11.8 Å². The molecule has 0 aliphatic heterocycles. The minimum absolute atomic E-state index is 0.0239. The van der Waals surface area contributed by atoms with Crippen LogP contribution >= 0.6 is 0 Å². The van der Waals surface area contributed by atoms with E-state index >= 15 is 0 Å². The van der Waals surface area contributed by atoms with Crippen molar-refractivity contribution in [2.45, 2.75) is 53.4 Å². The highest BCUT2D eigenvalue weighted by Gasteiger charge is 2.12. The maximum absolute atomic E-state index is 12.0. The van der Waals surface area contributed by atoms with Gasteiger partial charge >= 0.3 is 0 Å².